The minimum Gasteiger partial charge on any atom is -0.436 e. The largest absolute Gasteiger partial charge is 0.436 e. The number of aromatic nitrogens is 1. The summed E-state index contributed by atoms with van der Waals surface area (Å²) in [5.41, 5.74) is 4.13. The third-order valence-electron chi connectivity index (χ3n) is 4.28. The Morgan fingerprint density at radius 1 is 1.03 bits per heavy atom. The number of anilines is 1. The highest BCUT2D eigenvalue weighted by Crippen LogP contribution is 2.26. The van der Waals surface area contributed by atoms with Crippen LogP contribution in [0.4, 0.5) is 10.1 Å². The number of rotatable bonds is 3. The Hall–Kier alpha value is -3.58. The van der Waals surface area contributed by atoms with Crippen LogP contribution in [0, 0.1) is 12.7 Å². The van der Waals surface area contributed by atoms with Gasteiger partial charge in [0.05, 0.1) is 0 Å². The van der Waals surface area contributed by atoms with Crippen molar-refractivity contribution in [2.75, 3.05) is 5.32 Å². The van der Waals surface area contributed by atoms with Crippen molar-refractivity contribution in [1.82, 2.24) is 10.3 Å². The van der Waals surface area contributed by atoms with Gasteiger partial charge < -0.3 is 9.73 Å². The van der Waals surface area contributed by atoms with Gasteiger partial charge in [-0.15, -0.1) is 0 Å². The van der Waals surface area contributed by atoms with E-state index in [2.05, 4.69) is 15.6 Å². The molecule has 144 valence electrons. The van der Waals surface area contributed by atoms with Gasteiger partial charge in [0.25, 0.3) is 5.91 Å². The van der Waals surface area contributed by atoms with Crippen LogP contribution in [-0.2, 0) is 0 Å². The number of oxazole rings is 1. The van der Waals surface area contributed by atoms with E-state index in [1.54, 1.807) is 42.5 Å². The summed E-state index contributed by atoms with van der Waals surface area (Å²) < 4.78 is 18.8. The van der Waals surface area contributed by atoms with Gasteiger partial charge in [-0.2, -0.15) is 0 Å². The third-order valence-corrected chi connectivity index (χ3v) is 4.48. The number of benzene rings is 3. The van der Waals surface area contributed by atoms with E-state index in [-0.39, 0.29) is 16.8 Å². The SMILES string of the molecule is Cc1ccc(C(=O)NC(=S)Nc2ccc3oc(-c4ccc(F)cc4)nc3c2)cc1. The molecule has 0 aliphatic carbocycles. The van der Waals surface area contributed by atoms with Gasteiger partial charge in [-0.25, -0.2) is 9.37 Å². The van der Waals surface area contributed by atoms with Crippen molar-refractivity contribution in [2.45, 2.75) is 6.92 Å². The lowest BCUT2D eigenvalue weighted by molar-refractivity contribution is 0.0977. The molecule has 3 aromatic carbocycles. The Kier molecular flexibility index (Phi) is 5.05. The van der Waals surface area contributed by atoms with Crippen LogP contribution >= 0.6 is 12.2 Å². The molecule has 1 aromatic heterocycles. The van der Waals surface area contributed by atoms with Crippen molar-refractivity contribution < 1.29 is 13.6 Å². The lowest BCUT2D eigenvalue weighted by Crippen LogP contribution is -2.34. The molecule has 0 bridgehead atoms. The summed E-state index contributed by atoms with van der Waals surface area (Å²) in [6.07, 6.45) is 0. The monoisotopic (exact) mass is 405 g/mol. The Balaban J connectivity index is 1.47. The van der Waals surface area contributed by atoms with E-state index in [1.807, 2.05) is 19.1 Å². The van der Waals surface area contributed by atoms with E-state index < -0.39 is 0 Å². The number of thiocarbonyl (C=S) groups is 1. The highest BCUT2D eigenvalue weighted by atomic mass is 32.1. The zero-order valence-corrected chi connectivity index (χ0v) is 16.2. The molecule has 0 unspecified atom stereocenters. The zero-order chi connectivity index (χ0) is 20.4. The molecule has 7 heteroatoms. The number of fused-ring (bicyclic) bond motifs is 1. The summed E-state index contributed by atoms with van der Waals surface area (Å²) in [5, 5.41) is 5.80. The molecule has 0 atom stereocenters. The summed E-state index contributed by atoms with van der Waals surface area (Å²) in [6, 6.07) is 18.4. The predicted molar refractivity (Wildman–Crippen MR) is 114 cm³/mol. The van der Waals surface area contributed by atoms with Gasteiger partial charge in [0, 0.05) is 16.8 Å². The molecule has 0 saturated heterocycles. The fourth-order valence-electron chi connectivity index (χ4n) is 2.76. The van der Waals surface area contributed by atoms with Crippen molar-refractivity contribution in [3.05, 3.63) is 83.7 Å². The van der Waals surface area contributed by atoms with Gasteiger partial charge in [0.1, 0.15) is 11.3 Å². The first-order chi connectivity index (χ1) is 14.0. The number of carbonyl (C=O) groups is 1. The second-order valence-corrected chi connectivity index (χ2v) is 6.89. The normalized spacial score (nSPS) is 10.7. The molecule has 4 rings (SSSR count). The number of nitrogens with one attached hydrogen (secondary N) is 2. The molecule has 29 heavy (non-hydrogen) atoms. The second-order valence-electron chi connectivity index (χ2n) is 6.48. The van der Waals surface area contributed by atoms with Crippen LogP contribution in [0.2, 0.25) is 0 Å². The van der Waals surface area contributed by atoms with Gasteiger partial charge in [0.15, 0.2) is 10.7 Å². The van der Waals surface area contributed by atoms with Gasteiger partial charge in [-0.05, 0) is 73.7 Å². The number of nitrogens with zero attached hydrogens (tertiary/aromatic N) is 1. The summed E-state index contributed by atoms with van der Waals surface area (Å²) in [6.45, 7) is 1.95. The number of hydrogen-bond donors (Lipinski definition) is 2. The summed E-state index contributed by atoms with van der Waals surface area (Å²) in [5.74, 6) is -0.214. The van der Waals surface area contributed by atoms with Crippen molar-refractivity contribution in [3.63, 3.8) is 0 Å². The first-order valence-corrected chi connectivity index (χ1v) is 9.24. The predicted octanol–water partition coefficient (Wildman–Crippen LogP) is 5.07. The summed E-state index contributed by atoms with van der Waals surface area (Å²) in [4.78, 5) is 16.7. The fourth-order valence-corrected chi connectivity index (χ4v) is 2.97. The smallest absolute Gasteiger partial charge is 0.257 e. The molecule has 1 heterocycles. The standard InChI is InChI=1S/C22H16FN3O2S/c1-13-2-4-14(5-3-13)20(27)26-22(29)24-17-10-11-19-18(12-17)25-21(28-19)15-6-8-16(23)9-7-15/h2-12H,1H3,(H2,24,26,27,29). The molecule has 0 saturated carbocycles. The fraction of sp³-hybridized carbons (Fsp3) is 0.0455. The molecule has 1 amide bonds. The van der Waals surface area contributed by atoms with Crippen LogP contribution in [0.5, 0.6) is 0 Å². The van der Waals surface area contributed by atoms with E-state index in [4.69, 9.17) is 16.6 Å². The Bertz CT molecular complexity index is 1200. The molecule has 0 radical (unpaired) electrons. The number of hydrogen-bond acceptors (Lipinski definition) is 4. The molecule has 0 fully saturated rings. The minimum absolute atomic E-state index is 0.178. The van der Waals surface area contributed by atoms with E-state index in [1.165, 1.54) is 12.1 Å². The quantitative estimate of drug-likeness (QED) is 0.466. The molecule has 4 aromatic rings. The molecule has 0 aliphatic rings. The minimum atomic E-state index is -0.322. The Morgan fingerprint density at radius 2 is 1.76 bits per heavy atom. The van der Waals surface area contributed by atoms with Crippen LogP contribution in [0.1, 0.15) is 15.9 Å². The Morgan fingerprint density at radius 3 is 2.48 bits per heavy atom. The molecule has 0 aliphatic heterocycles. The zero-order valence-electron chi connectivity index (χ0n) is 15.4. The number of halogens is 1. The highest BCUT2D eigenvalue weighted by molar-refractivity contribution is 7.80. The van der Waals surface area contributed by atoms with Crippen LogP contribution in [0.15, 0.2) is 71.1 Å². The summed E-state index contributed by atoms with van der Waals surface area (Å²) in [7, 11) is 0. The Labute approximate surface area is 171 Å². The average molecular weight is 405 g/mol. The number of carbonyl (C=O) groups excluding carboxylic acids is 1. The summed E-state index contributed by atoms with van der Waals surface area (Å²) >= 11 is 5.23. The molecular formula is C22H16FN3O2S. The average Bonchev–Trinajstić information content (AvgIpc) is 3.12. The molecular weight excluding hydrogens is 389 g/mol. The lowest BCUT2D eigenvalue weighted by atomic mass is 10.1. The second kappa shape index (κ2) is 7.81. The lowest BCUT2D eigenvalue weighted by Gasteiger charge is -2.09. The third kappa shape index (κ3) is 4.30. The number of aryl methyl sites for hydroxylation is 1. The maximum atomic E-state index is 13.1. The first kappa shape index (κ1) is 18.8. The van der Waals surface area contributed by atoms with Gasteiger partial charge in [-0.3, -0.25) is 10.1 Å². The highest BCUT2D eigenvalue weighted by Gasteiger charge is 2.11. The van der Waals surface area contributed by atoms with Crippen molar-refractivity contribution in [2.24, 2.45) is 0 Å². The van der Waals surface area contributed by atoms with Crippen LogP contribution in [-0.4, -0.2) is 16.0 Å². The van der Waals surface area contributed by atoms with E-state index >= 15 is 0 Å². The molecule has 0 spiro atoms. The van der Waals surface area contributed by atoms with E-state index in [0.29, 0.717) is 33.8 Å². The molecule has 2 N–H and O–H groups in total. The maximum absolute atomic E-state index is 13.1. The van der Waals surface area contributed by atoms with Crippen LogP contribution < -0.4 is 10.6 Å². The number of amides is 1. The van der Waals surface area contributed by atoms with E-state index in [9.17, 15) is 9.18 Å². The maximum Gasteiger partial charge on any atom is 0.257 e. The molecule has 5 nitrogen and oxygen atoms in total. The van der Waals surface area contributed by atoms with Crippen LogP contribution in [0.3, 0.4) is 0 Å². The van der Waals surface area contributed by atoms with Gasteiger partial charge in [0.2, 0.25) is 5.89 Å². The van der Waals surface area contributed by atoms with Crippen molar-refractivity contribution in [1.29, 1.82) is 0 Å². The van der Waals surface area contributed by atoms with Crippen molar-refractivity contribution >= 4 is 40.0 Å². The van der Waals surface area contributed by atoms with Gasteiger partial charge >= 0.3 is 0 Å². The van der Waals surface area contributed by atoms with E-state index in [0.717, 1.165) is 5.56 Å². The van der Waals surface area contributed by atoms with Gasteiger partial charge in [-0.1, -0.05) is 17.7 Å². The topological polar surface area (TPSA) is 67.2 Å². The van der Waals surface area contributed by atoms with Crippen molar-refractivity contribution in [3.8, 4) is 11.5 Å². The first-order valence-electron chi connectivity index (χ1n) is 8.83. The van der Waals surface area contributed by atoms with Crippen LogP contribution in [0.25, 0.3) is 22.6 Å².